The first-order valence-electron chi connectivity index (χ1n) is 9.94. The minimum absolute atomic E-state index is 0.000444. The van der Waals surface area contributed by atoms with Gasteiger partial charge in [0.2, 0.25) is 0 Å². The van der Waals surface area contributed by atoms with Crippen LogP contribution < -0.4 is 10.6 Å². The molecule has 2 N–H and O–H groups in total. The number of nitrogens with two attached hydrogens (primary N) is 1. The molecular formula is C20H20F3N7O3. The number of carbonyl (C=O) groups excluding carboxylic acids is 2. The van der Waals surface area contributed by atoms with Gasteiger partial charge in [0.25, 0.3) is 11.8 Å². The molecule has 0 bridgehead atoms. The number of primary amides is 1. The lowest BCUT2D eigenvalue weighted by Crippen LogP contribution is -2.49. The van der Waals surface area contributed by atoms with E-state index < -0.39 is 23.6 Å². The summed E-state index contributed by atoms with van der Waals surface area (Å²) in [6.07, 6.45) is -1.86. The third-order valence-electron chi connectivity index (χ3n) is 5.30. The Bertz CT molecular complexity index is 1200. The summed E-state index contributed by atoms with van der Waals surface area (Å²) >= 11 is 0. The van der Waals surface area contributed by atoms with Crippen LogP contribution in [0.25, 0.3) is 5.65 Å². The van der Waals surface area contributed by atoms with Crippen LogP contribution in [0.15, 0.2) is 30.6 Å². The SMILES string of the molecule is COCc1nn2c(C(=O)N3CCN(c4ncccc4C(F)(F)F)CC3)ccnc2c1C(N)=O. The van der Waals surface area contributed by atoms with E-state index in [2.05, 4.69) is 15.1 Å². The molecule has 1 fully saturated rings. The summed E-state index contributed by atoms with van der Waals surface area (Å²) in [7, 11) is 1.43. The van der Waals surface area contributed by atoms with E-state index in [9.17, 15) is 22.8 Å². The van der Waals surface area contributed by atoms with Crippen molar-refractivity contribution >= 4 is 23.3 Å². The molecular weight excluding hydrogens is 443 g/mol. The molecule has 3 aromatic rings. The summed E-state index contributed by atoms with van der Waals surface area (Å²) < 4.78 is 46.3. The molecule has 3 aromatic heterocycles. The van der Waals surface area contributed by atoms with Gasteiger partial charge < -0.3 is 20.3 Å². The van der Waals surface area contributed by atoms with Gasteiger partial charge in [-0.15, -0.1) is 0 Å². The molecule has 4 rings (SSSR count). The fourth-order valence-corrected chi connectivity index (χ4v) is 3.79. The van der Waals surface area contributed by atoms with Crippen LogP contribution in [0.1, 0.15) is 32.1 Å². The smallest absolute Gasteiger partial charge is 0.378 e. The number of rotatable bonds is 5. The van der Waals surface area contributed by atoms with E-state index in [0.717, 1.165) is 6.07 Å². The zero-order valence-corrected chi connectivity index (χ0v) is 17.5. The van der Waals surface area contributed by atoms with E-state index in [1.807, 2.05) is 0 Å². The number of ether oxygens (including phenoxy) is 1. The number of hydrogen-bond donors (Lipinski definition) is 1. The van der Waals surface area contributed by atoms with Gasteiger partial charge >= 0.3 is 6.18 Å². The summed E-state index contributed by atoms with van der Waals surface area (Å²) in [5, 5.41) is 4.28. The van der Waals surface area contributed by atoms with Gasteiger partial charge in [0.15, 0.2) is 5.65 Å². The largest absolute Gasteiger partial charge is 0.419 e. The molecule has 1 aliphatic rings. The number of halogens is 3. The summed E-state index contributed by atoms with van der Waals surface area (Å²) in [4.78, 5) is 36.2. The maximum atomic E-state index is 13.3. The van der Waals surface area contributed by atoms with E-state index in [0.29, 0.717) is 0 Å². The lowest BCUT2D eigenvalue weighted by atomic mass is 10.2. The third kappa shape index (κ3) is 4.18. The number of hydrogen-bond acceptors (Lipinski definition) is 7. The fourth-order valence-electron chi connectivity index (χ4n) is 3.79. The lowest BCUT2D eigenvalue weighted by Gasteiger charge is -2.36. The second-order valence-corrected chi connectivity index (χ2v) is 7.34. The Balaban J connectivity index is 1.58. The van der Waals surface area contributed by atoms with Crippen LogP contribution >= 0.6 is 0 Å². The van der Waals surface area contributed by atoms with Crippen molar-refractivity contribution in [3.8, 4) is 0 Å². The zero-order chi connectivity index (χ0) is 23.8. The van der Waals surface area contributed by atoms with Crippen molar-refractivity contribution in [3.63, 3.8) is 0 Å². The van der Waals surface area contributed by atoms with Gasteiger partial charge in [-0.3, -0.25) is 9.59 Å². The first-order chi connectivity index (χ1) is 15.7. The molecule has 0 radical (unpaired) electrons. The number of aromatic nitrogens is 4. The van der Waals surface area contributed by atoms with Crippen LogP contribution in [-0.2, 0) is 17.5 Å². The molecule has 4 heterocycles. The number of alkyl halides is 3. The van der Waals surface area contributed by atoms with E-state index >= 15 is 0 Å². The molecule has 33 heavy (non-hydrogen) atoms. The minimum atomic E-state index is -4.53. The fraction of sp³-hybridized carbons (Fsp3) is 0.350. The number of fused-ring (bicyclic) bond motifs is 1. The monoisotopic (exact) mass is 463 g/mol. The molecule has 0 atom stereocenters. The normalized spacial score (nSPS) is 14.7. The Hall–Kier alpha value is -3.74. The van der Waals surface area contributed by atoms with Gasteiger partial charge in [-0.1, -0.05) is 0 Å². The zero-order valence-electron chi connectivity index (χ0n) is 17.5. The molecule has 1 saturated heterocycles. The van der Waals surface area contributed by atoms with Crippen LogP contribution in [0.4, 0.5) is 19.0 Å². The van der Waals surface area contributed by atoms with Gasteiger partial charge in [-0.05, 0) is 18.2 Å². The summed E-state index contributed by atoms with van der Waals surface area (Å²) in [6, 6.07) is 3.68. The predicted molar refractivity (Wildman–Crippen MR) is 110 cm³/mol. The second kappa shape index (κ2) is 8.65. The van der Waals surface area contributed by atoms with Crippen molar-refractivity contribution in [1.82, 2.24) is 24.5 Å². The lowest BCUT2D eigenvalue weighted by molar-refractivity contribution is -0.137. The van der Waals surface area contributed by atoms with Crippen molar-refractivity contribution in [1.29, 1.82) is 0 Å². The standard InChI is InChI=1S/C20H20F3N7O3/c1-33-11-13-15(16(24)31)18-26-6-4-14(30(18)27-13)19(32)29-9-7-28(8-10-29)17-12(20(21,22)23)3-2-5-25-17/h2-6H,7-11H2,1H3,(H2,24,31). The summed E-state index contributed by atoms with van der Waals surface area (Å²) in [5.74, 6) is -1.31. The molecule has 10 nitrogen and oxygen atoms in total. The highest BCUT2D eigenvalue weighted by Gasteiger charge is 2.36. The van der Waals surface area contributed by atoms with E-state index in [4.69, 9.17) is 10.5 Å². The average Bonchev–Trinajstić information content (AvgIpc) is 3.17. The molecule has 0 aromatic carbocycles. The van der Waals surface area contributed by atoms with Crippen molar-refractivity contribution in [3.05, 3.63) is 53.1 Å². The Kier molecular flexibility index (Phi) is 5.89. The average molecular weight is 463 g/mol. The molecule has 2 amide bonds. The Morgan fingerprint density at radius 1 is 1.12 bits per heavy atom. The topological polar surface area (TPSA) is 119 Å². The molecule has 0 spiro atoms. The van der Waals surface area contributed by atoms with Crippen molar-refractivity contribution in [2.45, 2.75) is 12.8 Å². The van der Waals surface area contributed by atoms with Crippen LogP contribution in [0.5, 0.6) is 0 Å². The van der Waals surface area contributed by atoms with Crippen LogP contribution in [0, 0.1) is 0 Å². The predicted octanol–water partition coefficient (Wildman–Crippen LogP) is 1.35. The molecule has 174 valence electrons. The van der Waals surface area contributed by atoms with Gasteiger partial charge in [0, 0.05) is 45.7 Å². The number of methoxy groups -OCH3 is 1. The highest BCUT2D eigenvalue weighted by atomic mass is 19.4. The summed E-state index contributed by atoms with van der Waals surface area (Å²) in [5.41, 5.74) is 5.23. The quantitative estimate of drug-likeness (QED) is 0.607. The Morgan fingerprint density at radius 2 is 1.85 bits per heavy atom. The minimum Gasteiger partial charge on any atom is -0.378 e. The van der Waals surface area contributed by atoms with Gasteiger partial charge in [-0.25, -0.2) is 14.5 Å². The molecule has 1 aliphatic heterocycles. The highest BCUT2D eigenvalue weighted by Crippen LogP contribution is 2.35. The van der Waals surface area contributed by atoms with E-state index in [-0.39, 0.29) is 61.2 Å². The number of amides is 2. The van der Waals surface area contributed by atoms with Gasteiger partial charge in [0.05, 0.1) is 12.2 Å². The molecule has 0 aliphatic carbocycles. The number of carbonyl (C=O) groups is 2. The van der Waals surface area contributed by atoms with E-state index in [1.165, 1.54) is 46.0 Å². The maximum absolute atomic E-state index is 13.3. The first-order valence-corrected chi connectivity index (χ1v) is 9.94. The summed E-state index contributed by atoms with van der Waals surface area (Å²) in [6.45, 7) is 0.678. The molecule has 0 saturated carbocycles. The first kappa shape index (κ1) is 22.5. The Labute approximate surface area is 185 Å². The number of anilines is 1. The number of pyridine rings is 1. The molecule has 0 unspecified atom stereocenters. The third-order valence-corrected chi connectivity index (χ3v) is 5.30. The van der Waals surface area contributed by atoms with E-state index in [1.54, 1.807) is 0 Å². The number of nitrogens with zero attached hydrogens (tertiary/aromatic N) is 6. The van der Waals surface area contributed by atoms with Crippen LogP contribution in [-0.4, -0.2) is 69.6 Å². The van der Waals surface area contributed by atoms with Gasteiger partial charge in [0.1, 0.15) is 22.8 Å². The van der Waals surface area contributed by atoms with Crippen LogP contribution in [0.2, 0.25) is 0 Å². The van der Waals surface area contributed by atoms with Crippen molar-refractivity contribution in [2.24, 2.45) is 5.73 Å². The van der Waals surface area contributed by atoms with Crippen LogP contribution in [0.3, 0.4) is 0 Å². The maximum Gasteiger partial charge on any atom is 0.419 e. The second-order valence-electron chi connectivity index (χ2n) is 7.34. The molecule has 13 heteroatoms. The van der Waals surface area contributed by atoms with Crippen molar-refractivity contribution in [2.75, 3.05) is 38.2 Å². The van der Waals surface area contributed by atoms with Gasteiger partial charge in [-0.2, -0.15) is 18.3 Å². The Morgan fingerprint density at radius 3 is 2.48 bits per heavy atom. The highest BCUT2D eigenvalue weighted by molar-refractivity contribution is 6.01. The number of piperazine rings is 1. The van der Waals surface area contributed by atoms with Crippen molar-refractivity contribution < 1.29 is 27.5 Å².